The van der Waals surface area contributed by atoms with Crippen molar-refractivity contribution in [2.75, 3.05) is 19.0 Å². The molecule has 0 aromatic heterocycles. The lowest BCUT2D eigenvalue weighted by Gasteiger charge is -2.46. The molecule has 1 saturated carbocycles. The van der Waals surface area contributed by atoms with Crippen molar-refractivity contribution in [2.24, 2.45) is 17.6 Å². The summed E-state index contributed by atoms with van der Waals surface area (Å²) in [4.78, 5) is 39.9. The fourth-order valence-electron chi connectivity index (χ4n) is 6.27. The van der Waals surface area contributed by atoms with E-state index in [4.69, 9.17) is 5.73 Å². The zero-order chi connectivity index (χ0) is 29.1. The number of nitrogens with zero attached hydrogens (tertiary/aromatic N) is 1. The fourth-order valence-corrected chi connectivity index (χ4v) is 6.27. The van der Waals surface area contributed by atoms with Gasteiger partial charge in [0.15, 0.2) is 11.4 Å². The van der Waals surface area contributed by atoms with Crippen LogP contribution < -0.4 is 16.0 Å². The number of aliphatic hydroxyl groups is 3. The van der Waals surface area contributed by atoms with Gasteiger partial charge >= 0.3 is 0 Å². The molecule has 40 heavy (non-hydrogen) atoms. The third-order valence-corrected chi connectivity index (χ3v) is 8.16. The number of fused-ring (bicyclic) bond motifs is 3. The minimum absolute atomic E-state index is 0.0486. The summed E-state index contributed by atoms with van der Waals surface area (Å²) in [6, 6.07) is 8.52. The highest BCUT2D eigenvalue weighted by molar-refractivity contribution is 6.22. The van der Waals surface area contributed by atoms with Crippen molar-refractivity contribution in [3.8, 4) is 11.5 Å². The molecule has 0 heterocycles. The van der Waals surface area contributed by atoms with Crippen molar-refractivity contribution in [1.29, 1.82) is 0 Å². The molecule has 0 saturated heterocycles. The van der Waals surface area contributed by atoms with E-state index in [1.54, 1.807) is 24.3 Å². The van der Waals surface area contributed by atoms with Crippen LogP contribution >= 0.6 is 0 Å². The second-order valence-corrected chi connectivity index (χ2v) is 10.8. The standard InChI is InChI=1S/C29H31N3O8/c1-32(2)19-9-15(12-31-11-13-4-3-5-17(33)6-13)24(35)22-18(19)8-14-7-16-10-20(34)23(28(30)39)27(38)29(16,40)26(37)21(14)25(22)36/h3-6,9,14,16,31,33,35-36,38,40H,7-8,10-12H2,1-2H3,(H2,30,39)/t14-,16+,29+/m1/s1. The first kappa shape index (κ1) is 27.2. The van der Waals surface area contributed by atoms with Gasteiger partial charge in [-0.15, -0.1) is 0 Å². The van der Waals surface area contributed by atoms with Gasteiger partial charge in [0.25, 0.3) is 5.91 Å². The predicted molar refractivity (Wildman–Crippen MR) is 144 cm³/mol. The molecule has 0 aliphatic heterocycles. The first-order chi connectivity index (χ1) is 18.9. The summed E-state index contributed by atoms with van der Waals surface area (Å²) < 4.78 is 0. The van der Waals surface area contributed by atoms with E-state index in [2.05, 4.69) is 5.32 Å². The van der Waals surface area contributed by atoms with E-state index in [1.165, 1.54) is 0 Å². The fraction of sp³-hybridized carbons (Fsp3) is 0.345. The molecule has 5 rings (SSSR count). The molecule has 8 N–H and O–H groups in total. The molecule has 1 fully saturated rings. The Kier molecular flexibility index (Phi) is 6.59. The van der Waals surface area contributed by atoms with E-state index in [-0.39, 0.29) is 48.4 Å². The Hall–Kier alpha value is -4.35. The summed E-state index contributed by atoms with van der Waals surface area (Å²) in [5.74, 6) is -6.40. The van der Waals surface area contributed by atoms with Crippen molar-refractivity contribution in [1.82, 2.24) is 5.32 Å². The Morgan fingerprint density at radius 1 is 1.10 bits per heavy atom. The van der Waals surface area contributed by atoms with Gasteiger partial charge in [0, 0.05) is 56.3 Å². The smallest absolute Gasteiger partial charge is 0.255 e. The Morgan fingerprint density at radius 2 is 1.82 bits per heavy atom. The van der Waals surface area contributed by atoms with Crippen molar-refractivity contribution in [3.05, 3.63) is 69.5 Å². The molecule has 3 atom stereocenters. The van der Waals surface area contributed by atoms with Crippen LogP contribution in [0.25, 0.3) is 5.76 Å². The van der Waals surface area contributed by atoms with E-state index in [0.717, 1.165) is 5.56 Å². The minimum Gasteiger partial charge on any atom is -0.508 e. The number of rotatable bonds is 6. The number of primary amides is 1. The number of carbonyl (C=O) groups excluding carboxylic acids is 3. The van der Waals surface area contributed by atoms with Gasteiger partial charge in [-0.1, -0.05) is 12.1 Å². The van der Waals surface area contributed by atoms with Gasteiger partial charge in [-0.3, -0.25) is 14.4 Å². The predicted octanol–water partition coefficient (Wildman–Crippen LogP) is 1.49. The summed E-state index contributed by atoms with van der Waals surface area (Å²) in [6.45, 7) is 0.575. The highest BCUT2D eigenvalue weighted by Gasteiger charge is 2.60. The number of aliphatic hydroxyl groups excluding tert-OH is 2. The number of amides is 1. The van der Waals surface area contributed by atoms with Gasteiger partial charge < -0.3 is 41.5 Å². The minimum atomic E-state index is -2.60. The van der Waals surface area contributed by atoms with E-state index in [1.807, 2.05) is 25.1 Å². The largest absolute Gasteiger partial charge is 0.508 e. The number of phenolic OH excluding ortho intramolecular Hbond substituents is 2. The summed E-state index contributed by atoms with van der Waals surface area (Å²) in [7, 11) is 3.62. The SMILES string of the molecule is CN(C)c1cc(CNCc2cccc(O)c2)c(O)c2c1C[C@H]1C[C@H]3CC(=O)C(C(N)=O)=C(O)[C@@]3(O)C(=O)C1=C2O. The van der Waals surface area contributed by atoms with Crippen LogP contribution in [0.3, 0.4) is 0 Å². The average molecular weight is 550 g/mol. The normalized spacial score (nSPS) is 24.0. The van der Waals surface area contributed by atoms with Crippen LogP contribution in [0.5, 0.6) is 11.5 Å². The van der Waals surface area contributed by atoms with Crippen LogP contribution in [-0.2, 0) is 33.9 Å². The van der Waals surface area contributed by atoms with Crippen molar-refractivity contribution in [3.63, 3.8) is 0 Å². The number of ketones is 2. The van der Waals surface area contributed by atoms with Gasteiger partial charge in [-0.2, -0.15) is 0 Å². The average Bonchev–Trinajstić information content (AvgIpc) is 2.87. The summed E-state index contributed by atoms with van der Waals surface area (Å²) in [6.07, 6.45) is -0.0617. The zero-order valence-corrected chi connectivity index (χ0v) is 22.1. The highest BCUT2D eigenvalue weighted by atomic mass is 16.3. The topological polar surface area (TPSA) is 194 Å². The molecule has 2 aromatic rings. The van der Waals surface area contributed by atoms with E-state index < -0.39 is 52.0 Å². The lowest BCUT2D eigenvalue weighted by molar-refractivity contribution is -0.147. The van der Waals surface area contributed by atoms with Crippen molar-refractivity contribution in [2.45, 2.75) is 38.0 Å². The Labute approximate surface area is 229 Å². The molecule has 2 aromatic carbocycles. The number of hydrogen-bond donors (Lipinski definition) is 7. The number of carbonyl (C=O) groups is 3. The van der Waals surface area contributed by atoms with Crippen LogP contribution in [0.4, 0.5) is 5.69 Å². The molecule has 11 heteroatoms. The molecule has 210 valence electrons. The molecule has 0 spiro atoms. The summed E-state index contributed by atoms with van der Waals surface area (Å²) in [5.41, 5.74) is 4.26. The quantitative estimate of drug-likeness (QED) is 0.260. The van der Waals surface area contributed by atoms with Crippen LogP contribution in [0.1, 0.15) is 35.1 Å². The zero-order valence-electron chi connectivity index (χ0n) is 22.1. The Bertz CT molecular complexity index is 1530. The number of nitrogens with one attached hydrogen (secondary N) is 1. The van der Waals surface area contributed by atoms with Crippen LogP contribution in [0.15, 0.2) is 47.2 Å². The summed E-state index contributed by atoms with van der Waals surface area (Å²) in [5, 5.41) is 57.8. The maximum Gasteiger partial charge on any atom is 0.255 e. The van der Waals surface area contributed by atoms with Crippen LogP contribution in [-0.4, -0.2) is 62.7 Å². The van der Waals surface area contributed by atoms with Crippen LogP contribution in [0.2, 0.25) is 0 Å². The van der Waals surface area contributed by atoms with Gasteiger partial charge in [0.2, 0.25) is 5.78 Å². The summed E-state index contributed by atoms with van der Waals surface area (Å²) >= 11 is 0. The number of aromatic hydroxyl groups is 2. The van der Waals surface area contributed by atoms with E-state index in [9.17, 15) is 39.9 Å². The molecule has 1 amide bonds. The second kappa shape index (κ2) is 9.68. The highest BCUT2D eigenvalue weighted by Crippen LogP contribution is 2.53. The number of nitrogens with two attached hydrogens (primary N) is 1. The van der Waals surface area contributed by atoms with Crippen molar-refractivity contribution >= 4 is 28.9 Å². The lowest BCUT2D eigenvalue weighted by atomic mass is 9.59. The molecule has 0 bridgehead atoms. The number of phenols is 2. The molecular weight excluding hydrogens is 518 g/mol. The molecule has 0 radical (unpaired) electrons. The Morgan fingerprint density at radius 3 is 2.48 bits per heavy atom. The van der Waals surface area contributed by atoms with Gasteiger partial charge in [0.1, 0.15) is 28.6 Å². The molecule has 3 aliphatic carbocycles. The number of Topliss-reactive ketones (excluding diaryl/α,β-unsaturated/α-hetero) is 2. The molecule has 0 unspecified atom stereocenters. The maximum atomic E-state index is 13.7. The molecule has 11 nitrogen and oxygen atoms in total. The van der Waals surface area contributed by atoms with E-state index >= 15 is 0 Å². The molecule has 3 aliphatic rings. The third kappa shape index (κ3) is 4.09. The number of anilines is 1. The third-order valence-electron chi connectivity index (χ3n) is 8.16. The van der Waals surface area contributed by atoms with Crippen LogP contribution in [0, 0.1) is 11.8 Å². The van der Waals surface area contributed by atoms with Gasteiger partial charge in [0.05, 0.1) is 5.56 Å². The number of hydrogen-bond acceptors (Lipinski definition) is 10. The molecular formula is C29H31N3O8. The second-order valence-electron chi connectivity index (χ2n) is 10.8. The monoisotopic (exact) mass is 549 g/mol. The first-order valence-electron chi connectivity index (χ1n) is 12.9. The van der Waals surface area contributed by atoms with Crippen molar-refractivity contribution < 1.29 is 39.9 Å². The van der Waals surface area contributed by atoms with Gasteiger partial charge in [-0.25, -0.2) is 0 Å². The number of benzene rings is 2. The van der Waals surface area contributed by atoms with E-state index in [0.29, 0.717) is 23.4 Å². The van der Waals surface area contributed by atoms with Gasteiger partial charge in [-0.05, 0) is 48.1 Å². The Balaban J connectivity index is 1.58. The first-order valence-corrected chi connectivity index (χ1v) is 12.9. The maximum absolute atomic E-state index is 13.7. The lowest BCUT2D eigenvalue weighted by Crippen LogP contribution is -2.58.